The van der Waals surface area contributed by atoms with Crippen molar-refractivity contribution in [2.75, 3.05) is 6.54 Å². The Morgan fingerprint density at radius 3 is 2.56 bits per heavy atom. The highest BCUT2D eigenvalue weighted by atomic mass is 16.5. The van der Waals surface area contributed by atoms with Gasteiger partial charge in [0.05, 0.1) is 23.7 Å². The maximum atomic E-state index is 6.20. The van der Waals surface area contributed by atoms with Crippen LogP contribution in [0.2, 0.25) is 0 Å². The highest BCUT2D eigenvalue weighted by molar-refractivity contribution is 5.16. The first kappa shape index (κ1) is 13.6. The van der Waals surface area contributed by atoms with Gasteiger partial charge < -0.3 is 14.5 Å². The first-order valence-corrected chi connectivity index (χ1v) is 6.81. The van der Waals surface area contributed by atoms with Crippen LogP contribution in [0.15, 0.2) is 23.0 Å². The summed E-state index contributed by atoms with van der Waals surface area (Å²) in [6.45, 7) is 11.8. The van der Waals surface area contributed by atoms with Gasteiger partial charge >= 0.3 is 0 Å². The Labute approximate surface area is 110 Å². The fraction of sp³-hybridized carbons (Fsp3) is 0.733. The summed E-state index contributed by atoms with van der Waals surface area (Å²) in [6.07, 6.45) is 4.64. The Bertz CT molecular complexity index is 381. The molecule has 18 heavy (non-hydrogen) atoms. The molecular weight excluding hydrogens is 226 g/mol. The largest absolute Gasteiger partial charge is 0.472 e. The van der Waals surface area contributed by atoms with E-state index in [4.69, 9.17) is 9.15 Å². The molecule has 0 spiro atoms. The van der Waals surface area contributed by atoms with Crippen molar-refractivity contribution in [1.29, 1.82) is 0 Å². The lowest BCUT2D eigenvalue weighted by Crippen LogP contribution is -2.38. The molecule has 2 unspecified atom stereocenters. The second-order valence-electron chi connectivity index (χ2n) is 6.37. The van der Waals surface area contributed by atoms with Gasteiger partial charge in [0.25, 0.3) is 0 Å². The summed E-state index contributed by atoms with van der Waals surface area (Å²) in [6, 6.07) is 2.35. The molecule has 1 N–H and O–H groups in total. The molecule has 1 aliphatic heterocycles. The van der Waals surface area contributed by atoms with Crippen LogP contribution in [0.3, 0.4) is 0 Å². The van der Waals surface area contributed by atoms with Gasteiger partial charge in [-0.1, -0.05) is 6.92 Å². The smallest absolute Gasteiger partial charge is 0.0950 e. The molecule has 1 saturated heterocycles. The van der Waals surface area contributed by atoms with E-state index in [9.17, 15) is 0 Å². The molecule has 0 saturated carbocycles. The summed E-state index contributed by atoms with van der Waals surface area (Å²) in [5.74, 6) is 0.449. The summed E-state index contributed by atoms with van der Waals surface area (Å²) in [5.41, 5.74) is 1.05. The lowest BCUT2D eigenvalue weighted by atomic mass is 9.79. The van der Waals surface area contributed by atoms with Crippen LogP contribution in [-0.4, -0.2) is 17.7 Å². The summed E-state index contributed by atoms with van der Waals surface area (Å²) in [4.78, 5) is 0. The fourth-order valence-electron chi connectivity index (χ4n) is 3.29. The first-order chi connectivity index (χ1) is 8.36. The van der Waals surface area contributed by atoms with Gasteiger partial charge in [0, 0.05) is 17.5 Å². The monoisotopic (exact) mass is 251 g/mol. The molecule has 0 bridgehead atoms. The summed E-state index contributed by atoms with van der Waals surface area (Å²) >= 11 is 0. The second kappa shape index (κ2) is 4.71. The normalized spacial score (nSPS) is 27.3. The fourth-order valence-corrected chi connectivity index (χ4v) is 3.29. The van der Waals surface area contributed by atoms with Crippen LogP contribution in [-0.2, 0) is 4.74 Å². The van der Waals surface area contributed by atoms with Crippen molar-refractivity contribution in [1.82, 2.24) is 5.32 Å². The maximum absolute atomic E-state index is 6.20. The lowest BCUT2D eigenvalue weighted by Gasteiger charge is -2.33. The standard InChI is InChI=1S/C15H25NO2/c1-6-16-13(11-7-8-17-10-11)12-9-14(2,3)18-15(12,4)5/h7-8,10,12-13,16H,6,9H2,1-5H3. The number of rotatable bonds is 4. The van der Waals surface area contributed by atoms with Gasteiger partial charge in [-0.3, -0.25) is 0 Å². The van der Waals surface area contributed by atoms with Gasteiger partial charge in [-0.25, -0.2) is 0 Å². The highest BCUT2D eigenvalue weighted by Gasteiger charge is 2.49. The number of furan rings is 1. The Morgan fingerprint density at radius 2 is 2.11 bits per heavy atom. The van der Waals surface area contributed by atoms with Gasteiger partial charge in [-0.15, -0.1) is 0 Å². The molecule has 3 nitrogen and oxygen atoms in total. The van der Waals surface area contributed by atoms with Gasteiger partial charge in [-0.05, 0) is 46.7 Å². The molecule has 1 aromatic rings. The second-order valence-corrected chi connectivity index (χ2v) is 6.37. The Balaban J connectivity index is 2.26. The van der Waals surface area contributed by atoms with Crippen molar-refractivity contribution in [3.63, 3.8) is 0 Å². The van der Waals surface area contributed by atoms with Gasteiger partial charge in [-0.2, -0.15) is 0 Å². The third-order valence-corrected chi connectivity index (χ3v) is 3.87. The van der Waals surface area contributed by atoms with E-state index < -0.39 is 0 Å². The highest BCUT2D eigenvalue weighted by Crippen LogP contribution is 2.47. The minimum absolute atomic E-state index is 0.0500. The molecule has 0 radical (unpaired) electrons. The van der Waals surface area contributed by atoms with Crippen LogP contribution in [0.4, 0.5) is 0 Å². The van der Waals surface area contributed by atoms with E-state index in [0.29, 0.717) is 12.0 Å². The van der Waals surface area contributed by atoms with Crippen LogP contribution >= 0.6 is 0 Å². The zero-order valence-electron chi connectivity index (χ0n) is 12.1. The van der Waals surface area contributed by atoms with E-state index in [-0.39, 0.29) is 11.2 Å². The van der Waals surface area contributed by atoms with Crippen LogP contribution < -0.4 is 5.32 Å². The number of hydrogen-bond donors (Lipinski definition) is 1. The Hall–Kier alpha value is -0.800. The van der Waals surface area contributed by atoms with Crippen molar-refractivity contribution < 1.29 is 9.15 Å². The SMILES string of the molecule is CCNC(c1ccoc1)C1CC(C)(C)OC1(C)C. The van der Waals surface area contributed by atoms with E-state index in [2.05, 4.69) is 46.0 Å². The van der Waals surface area contributed by atoms with E-state index >= 15 is 0 Å². The molecule has 1 aromatic heterocycles. The van der Waals surface area contributed by atoms with Crippen molar-refractivity contribution in [3.8, 4) is 0 Å². The van der Waals surface area contributed by atoms with E-state index in [1.54, 1.807) is 6.26 Å². The topological polar surface area (TPSA) is 34.4 Å². The molecular formula is C15H25NO2. The molecule has 0 amide bonds. The minimum Gasteiger partial charge on any atom is -0.472 e. The molecule has 0 aliphatic carbocycles. The third kappa shape index (κ3) is 2.62. The van der Waals surface area contributed by atoms with Crippen molar-refractivity contribution in [2.45, 2.75) is 58.3 Å². The molecule has 0 aromatic carbocycles. The predicted molar refractivity (Wildman–Crippen MR) is 72.5 cm³/mol. The van der Waals surface area contributed by atoms with E-state index in [1.807, 2.05) is 6.26 Å². The Kier molecular flexibility index (Phi) is 3.56. The predicted octanol–water partition coefficient (Wildman–Crippen LogP) is 3.52. The third-order valence-electron chi connectivity index (χ3n) is 3.87. The summed E-state index contributed by atoms with van der Waals surface area (Å²) in [5, 5.41) is 3.58. The van der Waals surface area contributed by atoms with E-state index in [1.165, 1.54) is 5.56 Å². The first-order valence-electron chi connectivity index (χ1n) is 6.81. The number of nitrogens with one attached hydrogen (secondary N) is 1. The number of hydrogen-bond acceptors (Lipinski definition) is 3. The molecule has 1 aliphatic rings. The molecule has 102 valence electrons. The summed E-state index contributed by atoms with van der Waals surface area (Å²) < 4.78 is 11.4. The Morgan fingerprint density at radius 1 is 1.39 bits per heavy atom. The molecule has 3 heteroatoms. The van der Waals surface area contributed by atoms with Crippen molar-refractivity contribution >= 4 is 0 Å². The van der Waals surface area contributed by atoms with Crippen LogP contribution in [0.5, 0.6) is 0 Å². The van der Waals surface area contributed by atoms with Crippen molar-refractivity contribution in [3.05, 3.63) is 24.2 Å². The number of ether oxygens (including phenoxy) is 1. The average molecular weight is 251 g/mol. The quantitative estimate of drug-likeness (QED) is 0.889. The molecule has 2 rings (SSSR count). The van der Waals surface area contributed by atoms with E-state index in [0.717, 1.165) is 13.0 Å². The molecule has 2 atom stereocenters. The van der Waals surface area contributed by atoms with Gasteiger partial charge in [0.1, 0.15) is 0 Å². The van der Waals surface area contributed by atoms with Crippen LogP contribution in [0.1, 0.15) is 52.6 Å². The maximum Gasteiger partial charge on any atom is 0.0950 e. The zero-order valence-corrected chi connectivity index (χ0v) is 12.1. The molecule has 1 fully saturated rings. The van der Waals surface area contributed by atoms with Gasteiger partial charge in [0.15, 0.2) is 0 Å². The summed E-state index contributed by atoms with van der Waals surface area (Å²) in [7, 11) is 0. The van der Waals surface area contributed by atoms with Crippen LogP contribution in [0.25, 0.3) is 0 Å². The average Bonchev–Trinajstić information content (AvgIpc) is 2.80. The van der Waals surface area contributed by atoms with Crippen molar-refractivity contribution in [2.24, 2.45) is 5.92 Å². The van der Waals surface area contributed by atoms with Gasteiger partial charge in [0.2, 0.25) is 0 Å². The lowest BCUT2D eigenvalue weighted by molar-refractivity contribution is -0.0778. The molecule has 2 heterocycles. The minimum atomic E-state index is -0.117. The zero-order chi connectivity index (χ0) is 13.4. The van der Waals surface area contributed by atoms with Crippen LogP contribution in [0, 0.1) is 5.92 Å².